The van der Waals surface area contributed by atoms with E-state index in [0.717, 1.165) is 6.42 Å². The third-order valence-electron chi connectivity index (χ3n) is 2.85. The van der Waals surface area contributed by atoms with Crippen LogP contribution in [0.2, 0.25) is 0 Å². The Morgan fingerprint density at radius 3 is 2.74 bits per heavy atom. The largest absolute Gasteiger partial charge is 0.465 e. The van der Waals surface area contributed by atoms with Gasteiger partial charge in [-0.05, 0) is 44.0 Å². The van der Waals surface area contributed by atoms with Gasteiger partial charge >= 0.3 is 5.97 Å². The quantitative estimate of drug-likeness (QED) is 0.809. The van der Waals surface area contributed by atoms with E-state index in [9.17, 15) is 9.18 Å². The zero-order valence-corrected chi connectivity index (χ0v) is 13.0. The van der Waals surface area contributed by atoms with Crippen molar-refractivity contribution in [2.24, 2.45) is 0 Å². The number of benzene rings is 1. The first-order valence-electron chi connectivity index (χ1n) is 6.37. The molecule has 0 fully saturated rings. The molecule has 0 radical (unpaired) electrons. The molecule has 3 nitrogen and oxygen atoms in total. The molecule has 0 aliphatic rings. The third kappa shape index (κ3) is 4.58. The lowest BCUT2D eigenvalue weighted by atomic mass is 10.1. The fourth-order valence-corrected chi connectivity index (χ4v) is 2.12. The van der Waals surface area contributed by atoms with E-state index in [1.165, 1.54) is 12.1 Å². The van der Waals surface area contributed by atoms with Crippen molar-refractivity contribution in [2.45, 2.75) is 39.3 Å². The molecular weight excluding hydrogens is 313 g/mol. The Balaban J connectivity index is 3.07. The van der Waals surface area contributed by atoms with Gasteiger partial charge < -0.3 is 4.74 Å². The molecule has 1 N–H and O–H groups in total. The molecule has 1 aromatic carbocycles. The van der Waals surface area contributed by atoms with Gasteiger partial charge in [-0.3, -0.25) is 5.32 Å². The topological polar surface area (TPSA) is 38.3 Å². The number of carbonyl (C=O) groups excluding carboxylic acids is 1. The summed E-state index contributed by atoms with van der Waals surface area (Å²) >= 11 is 3.35. The number of esters is 1. The predicted octanol–water partition coefficient (Wildman–Crippen LogP) is 3.58. The highest BCUT2D eigenvalue weighted by Gasteiger charge is 2.25. The molecular formula is C14H19BrFNO2. The summed E-state index contributed by atoms with van der Waals surface area (Å²) in [4.78, 5) is 12.0. The molecule has 0 saturated carbocycles. The van der Waals surface area contributed by atoms with E-state index in [1.807, 2.05) is 13.8 Å². The van der Waals surface area contributed by atoms with Crippen LogP contribution in [0.5, 0.6) is 0 Å². The molecule has 1 rings (SSSR count). The van der Waals surface area contributed by atoms with Gasteiger partial charge in [0.15, 0.2) is 0 Å². The summed E-state index contributed by atoms with van der Waals surface area (Å²) in [5.41, 5.74) is 0.554. The summed E-state index contributed by atoms with van der Waals surface area (Å²) in [7, 11) is 0. The summed E-state index contributed by atoms with van der Waals surface area (Å²) in [5, 5.41) is 3.16. The van der Waals surface area contributed by atoms with Crippen LogP contribution in [0.15, 0.2) is 22.7 Å². The maximum absolute atomic E-state index is 13.4. The molecule has 2 atom stereocenters. The third-order valence-corrected chi connectivity index (χ3v) is 3.58. The van der Waals surface area contributed by atoms with Gasteiger partial charge in [0, 0.05) is 10.5 Å². The maximum atomic E-state index is 13.4. The van der Waals surface area contributed by atoms with Crippen molar-refractivity contribution in [3.05, 3.63) is 34.1 Å². The molecule has 5 heteroatoms. The molecule has 1 aromatic rings. The smallest absolute Gasteiger partial charge is 0.327 e. The monoisotopic (exact) mass is 331 g/mol. The molecule has 0 spiro atoms. The van der Waals surface area contributed by atoms with Crippen molar-refractivity contribution in [3.8, 4) is 0 Å². The second-order valence-electron chi connectivity index (χ2n) is 4.33. The molecule has 0 aliphatic heterocycles. The number of nitrogens with one attached hydrogen (secondary N) is 1. The lowest BCUT2D eigenvalue weighted by Crippen LogP contribution is -2.36. The summed E-state index contributed by atoms with van der Waals surface area (Å²) < 4.78 is 19.1. The van der Waals surface area contributed by atoms with Gasteiger partial charge in [0.05, 0.1) is 6.61 Å². The number of hydrogen-bond acceptors (Lipinski definition) is 3. The van der Waals surface area contributed by atoms with E-state index in [4.69, 9.17) is 4.74 Å². The van der Waals surface area contributed by atoms with Gasteiger partial charge in [-0.25, -0.2) is 9.18 Å². The van der Waals surface area contributed by atoms with Crippen LogP contribution in [0.25, 0.3) is 0 Å². The van der Waals surface area contributed by atoms with Crippen LogP contribution in [0.3, 0.4) is 0 Å². The highest BCUT2D eigenvalue weighted by Crippen LogP contribution is 2.26. The van der Waals surface area contributed by atoms with Crippen molar-refractivity contribution in [3.63, 3.8) is 0 Å². The van der Waals surface area contributed by atoms with Crippen LogP contribution in [0.4, 0.5) is 4.39 Å². The van der Waals surface area contributed by atoms with Gasteiger partial charge in [-0.15, -0.1) is 0 Å². The molecule has 0 heterocycles. The Morgan fingerprint density at radius 2 is 2.16 bits per heavy atom. The zero-order valence-electron chi connectivity index (χ0n) is 11.4. The number of ether oxygens (including phenoxy) is 1. The van der Waals surface area contributed by atoms with Crippen molar-refractivity contribution < 1.29 is 13.9 Å². The number of halogens is 2. The number of carbonyl (C=O) groups is 1. The highest BCUT2D eigenvalue weighted by molar-refractivity contribution is 9.10. The van der Waals surface area contributed by atoms with E-state index in [0.29, 0.717) is 16.6 Å². The molecule has 0 aromatic heterocycles. The Hall–Kier alpha value is -0.940. The minimum absolute atomic E-state index is 0.129. The first-order valence-corrected chi connectivity index (χ1v) is 7.16. The van der Waals surface area contributed by atoms with Gasteiger partial charge in [0.2, 0.25) is 0 Å². The Kier molecular flexibility index (Phi) is 6.45. The van der Waals surface area contributed by atoms with Gasteiger partial charge in [0.25, 0.3) is 0 Å². The van der Waals surface area contributed by atoms with Crippen LogP contribution in [-0.4, -0.2) is 18.6 Å². The van der Waals surface area contributed by atoms with Crippen LogP contribution >= 0.6 is 15.9 Å². The standard InChI is InChI=1S/C14H19BrFNO2/c1-4-9(3)17-13(14(18)19-5-2)11-8-10(16)6-7-12(11)15/h6-9,13,17H,4-5H2,1-3H3. The number of rotatable bonds is 6. The van der Waals surface area contributed by atoms with Crippen molar-refractivity contribution in [2.75, 3.05) is 6.61 Å². The molecule has 0 bridgehead atoms. The second kappa shape index (κ2) is 7.60. The van der Waals surface area contributed by atoms with E-state index in [1.54, 1.807) is 13.0 Å². The highest BCUT2D eigenvalue weighted by atomic mass is 79.9. The first kappa shape index (κ1) is 16.1. The van der Waals surface area contributed by atoms with Gasteiger partial charge in [0.1, 0.15) is 11.9 Å². The fraction of sp³-hybridized carbons (Fsp3) is 0.500. The van der Waals surface area contributed by atoms with Gasteiger partial charge in [-0.2, -0.15) is 0 Å². The summed E-state index contributed by atoms with van der Waals surface area (Å²) in [6.07, 6.45) is 0.864. The van der Waals surface area contributed by atoms with Crippen LogP contribution < -0.4 is 5.32 Å². The van der Waals surface area contributed by atoms with Crippen LogP contribution in [0, 0.1) is 5.82 Å². The summed E-state index contributed by atoms with van der Waals surface area (Å²) in [6, 6.07) is 3.75. The molecule has 2 unspecified atom stereocenters. The maximum Gasteiger partial charge on any atom is 0.327 e. The fourth-order valence-electron chi connectivity index (χ4n) is 1.65. The zero-order chi connectivity index (χ0) is 14.4. The van der Waals surface area contributed by atoms with E-state index in [-0.39, 0.29) is 11.9 Å². The second-order valence-corrected chi connectivity index (χ2v) is 5.18. The Morgan fingerprint density at radius 1 is 1.47 bits per heavy atom. The molecule has 0 saturated heterocycles. The predicted molar refractivity (Wildman–Crippen MR) is 76.4 cm³/mol. The normalized spacial score (nSPS) is 13.9. The van der Waals surface area contributed by atoms with E-state index >= 15 is 0 Å². The van der Waals surface area contributed by atoms with Crippen molar-refractivity contribution in [1.29, 1.82) is 0 Å². The molecule has 106 valence electrons. The first-order chi connectivity index (χ1) is 8.99. The van der Waals surface area contributed by atoms with Gasteiger partial charge in [-0.1, -0.05) is 22.9 Å². The lowest BCUT2D eigenvalue weighted by molar-refractivity contribution is -0.146. The average Bonchev–Trinajstić information content (AvgIpc) is 2.39. The lowest BCUT2D eigenvalue weighted by Gasteiger charge is -2.22. The molecule has 0 aliphatic carbocycles. The van der Waals surface area contributed by atoms with Crippen molar-refractivity contribution in [1.82, 2.24) is 5.32 Å². The minimum atomic E-state index is -0.667. The van der Waals surface area contributed by atoms with Crippen molar-refractivity contribution >= 4 is 21.9 Å². The minimum Gasteiger partial charge on any atom is -0.465 e. The van der Waals surface area contributed by atoms with E-state index in [2.05, 4.69) is 21.2 Å². The summed E-state index contributed by atoms with van der Waals surface area (Å²) in [6.45, 7) is 6.03. The average molecular weight is 332 g/mol. The molecule has 0 amide bonds. The summed E-state index contributed by atoms with van der Waals surface area (Å²) in [5.74, 6) is -0.771. The number of hydrogen-bond donors (Lipinski definition) is 1. The molecule has 19 heavy (non-hydrogen) atoms. The SMILES string of the molecule is CCOC(=O)C(NC(C)CC)c1cc(F)ccc1Br. The Bertz CT molecular complexity index is 439. The Labute approximate surface area is 121 Å². The van der Waals surface area contributed by atoms with Crippen LogP contribution in [0.1, 0.15) is 38.8 Å². The van der Waals surface area contributed by atoms with Crippen LogP contribution in [-0.2, 0) is 9.53 Å². The van der Waals surface area contributed by atoms with E-state index < -0.39 is 12.0 Å².